The van der Waals surface area contributed by atoms with Gasteiger partial charge >= 0.3 is 0 Å². The Morgan fingerprint density at radius 1 is 1.23 bits per heavy atom. The Labute approximate surface area is 172 Å². The number of guanidine groups is 1. The van der Waals surface area contributed by atoms with Crippen molar-refractivity contribution >= 4 is 35.8 Å². The first-order valence-electron chi connectivity index (χ1n) is 9.22. The molecule has 0 bridgehead atoms. The maximum absolute atomic E-state index is 11.9. The van der Waals surface area contributed by atoms with Crippen molar-refractivity contribution in [2.24, 2.45) is 4.99 Å². The first kappa shape index (κ1) is 20.9. The minimum absolute atomic E-state index is 0. The van der Waals surface area contributed by atoms with E-state index in [4.69, 9.17) is 0 Å². The van der Waals surface area contributed by atoms with E-state index < -0.39 is 0 Å². The Balaban J connectivity index is 0.00000243. The summed E-state index contributed by atoms with van der Waals surface area (Å²) in [6, 6.07) is 0.515. The summed E-state index contributed by atoms with van der Waals surface area (Å²) in [4.78, 5) is 22.6. The maximum atomic E-state index is 11.9. The third-order valence-electron chi connectivity index (χ3n) is 4.86. The smallest absolute Gasteiger partial charge is 0.243 e. The fraction of sp³-hybridized carbons (Fsp3) is 0.765. The number of hydrogen-bond acceptors (Lipinski definition) is 4. The predicted molar refractivity (Wildman–Crippen MR) is 112 cm³/mol. The molecule has 2 aliphatic rings. The predicted octanol–water partition coefficient (Wildman–Crippen LogP) is 1.61. The largest absolute Gasteiger partial charge is 0.354 e. The highest BCUT2D eigenvalue weighted by Crippen LogP contribution is 2.23. The lowest BCUT2D eigenvalue weighted by Gasteiger charge is -2.26. The summed E-state index contributed by atoms with van der Waals surface area (Å²) in [5, 5.41) is 11.5. The lowest BCUT2D eigenvalue weighted by atomic mass is 10.1. The molecule has 9 heteroatoms. The second-order valence-electron chi connectivity index (χ2n) is 7.16. The number of aliphatic imine (C=N–C) groups is 1. The normalized spacial score (nSPS) is 20.3. The number of carbonyl (C=O) groups excluding carboxylic acids is 1. The van der Waals surface area contributed by atoms with Crippen LogP contribution in [0, 0.1) is 6.92 Å². The van der Waals surface area contributed by atoms with Crippen LogP contribution in [0.2, 0.25) is 0 Å². The fourth-order valence-corrected chi connectivity index (χ4v) is 3.45. The average Bonchev–Trinajstić information content (AvgIpc) is 3.21. The van der Waals surface area contributed by atoms with Crippen LogP contribution in [-0.2, 0) is 11.3 Å². The van der Waals surface area contributed by atoms with Crippen LogP contribution in [0.25, 0.3) is 0 Å². The number of carbonyl (C=O) groups is 1. The third kappa shape index (κ3) is 5.31. The Kier molecular flexibility index (Phi) is 7.66. The molecule has 0 aromatic carbocycles. The molecule has 1 amide bonds. The molecule has 0 radical (unpaired) electrons. The summed E-state index contributed by atoms with van der Waals surface area (Å²) in [7, 11) is 3.50. The van der Waals surface area contributed by atoms with E-state index in [-0.39, 0.29) is 42.5 Å². The molecule has 3 rings (SSSR count). The van der Waals surface area contributed by atoms with Crippen LogP contribution in [0.1, 0.15) is 56.2 Å². The molecular formula is C17H30IN7O. The number of likely N-dealkylation sites (N-methyl/N-ethyl adjacent to an activating group) is 1. The standard InChI is InChI=1S/C17H29N7O.HI/c1-12-19-16-14(9-6-10-24(16)22-12)21-17(18-11-15(25)23(2)3)20-13-7-4-5-8-13;/h13-14H,4-11H2,1-3H3,(H2,18,20,21);1H. The monoisotopic (exact) mass is 475 g/mol. The molecule has 1 unspecified atom stereocenters. The molecule has 26 heavy (non-hydrogen) atoms. The van der Waals surface area contributed by atoms with Gasteiger partial charge in [0.1, 0.15) is 18.2 Å². The quantitative estimate of drug-likeness (QED) is 0.393. The van der Waals surface area contributed by atoms with Gasteiger partial charge in [-0.1, -0.05) is 12.8 Å². The van der Waals surface area contributed by atoms with Gasteiger partial charge in [-0.05, 0) is 32.6 Å². The molecule has 1 atom stereocenters. The molecule has 146 valence electrons. The van der Waals surface area contributed by atoms with Crippen molar-refractivity contribution in [1.82, 2.24) is 30.3 Å². The lowest BCUT2D eigenvalue weighted by Crippen LogP contribution is -2.45. The number of aryl methyl sites for hydroxylation is 2. The van der Waals surface area contributed by atoms with E-state index in [0.29, 0.717) is 12.0 Å². The first-order chi connectivity index (χ1) is 12.0. The van der Waals surface area contributed by atoms with Crippen molar-refractivity contribution in [3.8, 4) is 0 Å². The third-order valence-corrected chi connectivity index (χ3v) is 4.86. The zero-order chi connectivity index (χ0) is 17.8. The highest BCUT2D eigenvalue weighted by Gasteiger charge is 2.25. The number of nitrogens with zero attached hydrogens (tertiary/aromatic N) is 5. The summed E-state index contributed by atoms with van der Waals surface area (Å²) in [6.07, 6.45) is 6.85. The molecule has 1 aliphatic heterocycles. The summed E-state index contributed by atoms with van der Waals surface area (Å²) in [5.74, 6) is 2.47. The zero-order valence-corrected chi connectivity index (χ0v) is 18.2. The molecule has 0 spiro atoms. The molecule has 2 heterocycles. The van der Waals surface area contributed by atoms with Crippen molar-refractivity contribution in [2.75, 3.05) is 20.6 Å². The van der Waals surface area contributed by atoms with E-state index in [2.05, 4.69) is 25.7 Å². The van der Waals surface area contributed by atoms with Crippen LogP contribution < -0.4 is 10.6 Å². The van der Waals surface area contributed by atoms with E-state index in [1.807, 2.05) is 11.6 Å². The molecular weight excluding hydrogens is 445 g/mol. The molecule has 1 aromatic rings. The molecule has 1 fully saturated rings. The molecule has 1 saturated carbocycles. The second kappa shape index (κ2) is 9.52. The number of fused-ring (bicyclic) bond motifs is 1. The Morgan fingerprint density at radius 2 is 1.96 bits per heavy atom. The molecule has 1 aromatic heterocycles. The van der Waals surface area contributed by atoms with E-state index in [0.717, 1.165) is 43.9 Å². The van der Waals surface area contributed by atoms with Gasteiger partial charge in [0.25, 0.3) is 0 Å². The van der Waals surface area contributed by atoms with Crippen LogP contribution in [0.15, 0.2) is 4.99 Å². The first-order valence-corrected chi connectivity index (χ1v) is 9.22. The van der Waals surface area contributed by atoms with E-state index in [1.165, 1.54) is 12.8 Å². The SMILES string of the molecule is Cc1nc2n(n1)CCCC2NC(=NCC(=O)N(C)C)NC1CCCC1.I. The van der Waals surface area contributed by atoms with Crippen molar-refractivity contribution in [3.63, 3.8) is 0 Å². The minimum Gasteiger partial charge on any atom is -0.354 e. The Morgan fingerprint density at radius 3 is 2.65 bits per heavy atom. The van der Waals surface area contributed by atoms with E-state index in [1.54, 1.807) is 19.0 Å². The number of hydrogen-bond donors (Lipinski definition) is 2. The van der Waals surface area contributed by atoms with Crippen LogP contribution in [-0.4, -0.2) is 58.2 Å². The van der Waals surface area contributed by atoms with Gasteiger partial charge in [-0.2, -0.15) is 5.10 Å². The Bertz CT molecular complexity index is 637. The maximum Gasteiger partial charge on any atom is 0.243 e. The van der Waals surface area contributed by atoms with Crippen LogP contribution in [0.3, 0.4) is 0 Å². The fourth-order valence-electron chi connectivity index (χ4n) is 3.45. The lowest BCUT2D eigenvalue weighted by molar-refractivity contribution is -0.127. The highest BCUT2D eigenvalue weighted by atomic mass is 127. The van der Waals surface area contributed by atoms with E-state index in [9.17, 15) is 4.79 Å². The van der Waals surface area contributed by atoms with Crippen LogP contribution >= 0.6 is 24.0 Å². The molecule has 0 saturated heterocycles. The van der Waals surface area contributed by atoms with Gasteiger partial charge in [-0.3, -0.25) is 4.79 Å². The average molecular weight is 475 g/mol. The minimum atomic E-state index is -0.00447. The van der Waals surface area contributed by atoms with Crippen molar-refractivity contribution in [2.45, 2.75) is 64.1 Å². The van der Waals surface area contributed by atoms with Gasteiger partial charge in [0, 0.05) is 26.7 Å². The van der Waals surface area contributed by atoms with E-state index >= 15 is 0 Å². The van der Waals surface area contributed by atoms with Gasteiger partial charge in [-0.15, -0.1) is 24.0 Å². The van der Waals surface area contributed by atoms with Gasteiger partial charge < -0.3 is 15.5 Å². The van der Waals surface area contributed by atoms with Gasteiger partial charge in [0.2, 0.25) is 5.91 Å². The summed E-state index contributed by atoms with van der Waals surface area (Å²) < 4.78 is 1.98. The number of halogens is 1. The Hall–Kier alpha value is -1.39. The second-order valence-corrected chi connectivity index (χ2v) is 7.16. The van der Waals surface area contributed by atoms with Crippen molar-refractivity contribution in [3.05, 3.63) is 11.6 Å². The van der Waals surface area contributed by atoms with Gasteiger partial charge in [-0.25, -0.2) is 14.7 Å². The molecule has 1 aliphatic carbocycles. The molecule has 8 nitrogen and oxygen atoms in total. The van der Waals surface area contributed by atoms with Crippen molar-refractivity contribution in [1.29, 1.82) is 0 Å². The van der Waals surface area contributed by atoms with Gasteiger partial charge in [0.15, 0.2) is 5.96 Å². The summed E-state index contributed by atoms with van der Waals surface area (Å²) >= 11 is 0. The number of aromatic nitrogens is 3. The summed E-state index contributed by atoms with van der Waals surface area (Å²) in [5.41, 5.74) is 0. The highest BCUT2D eigenvalue weighted by molar-refractivity contribution is 14.0. The molecule has 2 N–H and O–H groups in total. The van der Waals surface area contributed by atoms with Crippen molar-refractivity contribution < 1.29 is 4.79 Å². The van der Waals surface area contributed by atoms with Crippen LogP contribution in [0.5, 0.6) is 0 Å². The van der Waals surface area contributed by atoms with Crippen LogP contribution in [0.4, 0.5) is 0 Å². The number of rotatable bonds is 4. The van der Waals surface area contributed by atoms with Gasteiger partial charge in [0.05, 0.1) is 6.04 Å². The zero-order valence-electron chi connectivity index (χ0n) is 15.9. The number of nitrogens with one attached hydrogen (secondary N) is 2. The number of amides is 1. The summed E-state index contributed by atoms with van der Waals surface area (Å²) in [6.45, 7) is 2.98. The topological polar surface area (TPSA) is 87.4 Å².